The fourth-order valence-electron chi connectivity index (χ4n) is 3.23. The fraction of sp³-hybridized carbons (Fsp3) is 0. The van der Waals surface area contributed by atoms with E-state index in [2.05, 4.69) is 31.5 Å². The topological polar surface area (TPSA) is 112 Å². The predicted molar refractivity (Wildman–Crippen MR) is 108 cm³/mol. The lowest BCUT2D eigenvalue weighted by atomic mass is 9.99. The average Bonchev–Trinajstić information content (AvgIpc) is 3.41. The molecule has 0 aliphatic carbocycles. The van der Waals surface area contributed by atoms with Gasteiger partial charge < -0.3 is 16.0 Å². The van der Waals surface area contributed by atoms with Crippen LogP contribution in [-0.4, -0.2) is 26.1 Å². The number of thiazole rings is 1. The first-order valence-corrected chi connectivity index (χ1v) is 9.13. The van der Waals surface area contributed by atoms with Crippen molar-refractivity contribution in [1.29, 1.82) is 0 Å². The number of H-pyrrole nitrogens is 2. The molecule has 0 radical (unpaired) electrons. The maximum absolute atomic E-state index is 12.6. The van der Waals surface area contributed by atoms with E-state index < -0.39 is 0 Å². The lowest BCUT2D eigenvalue weighted by Gasteiger charge is -2.10. The van der Waals surface area contributed by atoms with Crippen LogP contribution in [0.2, 0.25) is 0 Å². The van der Waals surface area contributed by atoms with Crippen molar-refractivity contribution in [2.45, 2.75) is 0 Å². The normalized spacial score (nSPS) is 11.3. The summed E-state index contributed by atoms with van der Waals surface area (Å²) in [5.41, 5.74) is 10.5. The Morgan fingerprint density at radius 1 is 1.15 bits per heavy atom. The highest BCUT2D eigenvalue weighted by Crippen LogP contribution is 2.34. The summed E-state index contributed by atoms with van der Waals surface area (Å²) in [7, 11) is 0. The second kappa shape index (κ2) is 5.96. The maximum atomic E-state index is 12.6. The van der Waals surface area contributed by atoms with E-state index in [9.17, 15) is 4.79 Å². The first-order valence-electron chi connectivity index (χ1n) is 8.25. The Balaban J connectivity index is 1.63. The van der Waals surface area contributed by atoms with Gasteiger partial charge in [-0.1, -0.05) is 12.1 Å². The highest BCUT2D eigenvalue weighted by Gasteiger charge is 2.15. The van der Waals surface area contributed by atoms with E-state index in [1.807, 2.05) is 36.5 Å². The zero-order valence-corrected chi connectivity index (χ0v) is 14.8. The lowest BCUT2D eigenvalue weighted by molar-refractivity contribution is 0.102. The predicted octanol–water partition coefficient (Wildman–Crippen LogP) is 4.00. The molecule has 3 heterocycles. The number of carbonyl (C=O) groups excluding carboxylic acids is 1. The Kier molecular flexibility index (Phi) is 3.44. The number of hydrogen-bond donors (Lipinski definition) is 4. The molecule has 0 unspecified atom stereocenters. The number of amides is 1. The van der Waals surface area contributed by atoms with E-state index in [4.69, 9.17) is 5.73 Å². The van der Waals surface area contributed by atoms with Crippen molar-refractivity contribution in [3.05, 3.63) is 59.9 Å². The molecule has 0 aliphatic rings. The van der Waals surface area contributed by atoms with Gasteiger partial charge in [-0.3, -0.25) is 9.89 Å². The van der Waals surface area contributed by atoms with Crippen LogP contribution in [0.5, 0.6) is 0 Å². The number of benzene rings is 2. The third-order valence-corrected chi connectivity index (χ3v) is 5.14. The van der Waals surface area contributed by atoms with E-state index in [0.717, 1.165) is 32.9 Å². The molecule has 2 aromatic carbocycles. The quantitative estimate of drug-likeness (QED) is 0.382. The Labute approximate surface area is 157 Å². The second-order valence-corrected chi connectivity index (χ2v) is 7.01. The molecule has 132 valence electrons. The number of rotatable bonds is 3. The zero-order valence-electron chi connectivity index (χ0n) is 14.0. The molecule has 0 atom stereocenters. The van der Waals surface area contributed by atoms with Crippen LogP contribution in [0.1, 0.15) is 10.5 Å². The lowest BCUT2D eigenvalue weighted by Crippen LogP contribution is -2.12. The Bertz CT molecular complexity index is 1300. The van der Waals surface area contributed by atoms with Gasteiger partial charge in [0, 0.05) is 27.9 Å². The van der Waals surface area contributed by atoms with Crippen molar-refractivity contribution in [3.8, 4) is 11.1 Å². The molecule has 0 bridgehead atoms. The summed E-state index contributed by atoms with van der Waals surface area (Å²) in [5.74, 6) is -0.303. The number of aromatic nitrogens is 4. The molecule has 5 N–H and O–H groups in total. The number of nitrogens with two attached hydrogens (primary N) is 1. The zero-order chi connectivity index (χ0) is 18.4. The van der Waals surface area contributed by atoms with Crippen LogP contribution in [0.3, 0.4) is 0 Å². The first kappa shape index (κ1) is 15.6. The van der Waals surface area contributed by atoms with Gasteiger partial charge in [-0.05, 0) is 35.4 Å². The van der Waals surface area contributed by atoms with Crippen molar-refractivity contribution in [1.82, 2.24) is 20.2 Å². The number of aromatic amines is 2. The third-order valence-electron chi connectivity index (χ3n) is 4.47. The van der Waals surface area contributed by atoms with Crippen molar-refractivity contribution < 1.29 is 4.79 Å². The Hall–Kier alpha value is -3.65. The smallest absolute Gasteiger partial charge is 0.275 e. The molecular formula is C19H14N6OS. The SMILES string of the molecule is Nc1nc(C(=O)Nc2cc(-c3cccc4[nH]ccc34)cc3[nH]ncc23)cs1. The summed E-state index contributed by atoms with van der Waals surface area (Å²) in [4.78, 5) is 19.8. The van der Waals surface area contributed by atoms with E-state index in [1.165, 1.54) is 11.3 Å². The maximum Gasteiger partial charge on any atom is 0.275 e. The monoisotopic (exact) mass is 374 g/mol. The van der Waals surface area contributed by atoms with Crippen LogP contribution in [0.15, 0.2) is 54.2 Å². The van der Waals surface area contributed by atoms with Gasteiger partial charge in [0.05, 0.1) is 17.4 Å². The van der Waals surface area contributed by atoms with Crippen molar-refractivity contribution in [2.75, 3.05) is 11.1 Å². The standard InChI is InChI=1S/C19H14N6OS/c20-19-24-17(9-27-19)18(26)23-15-6-10(7-16-13(15)8-22-25-16)11-2-1-3-14-12(11)4-5-21-14/h1-9,21H,(H2,20,24)(H,22,25)(H,23,26). The average molecular weight is 374 g/mol. The van der Waals surface area contributed by atoms with E-state index >= 15 is 0 Å². The highest BCUT2D eigenvalue weighted by atomic mass is 32.1. The molecule has 0 aliphatic heterocycles. The van der Waals surface area contributed by atoms with E-state index in [-0.39, 0.29) is 5.91 Å². The number of nitrogen functional groups attached to an aromatic ring is 1. The molecule has 0 fully saturated rings. The highest BCUT2D eigenvalue weighted by molar-refractivity contribution is 7.13. The summed E-state index contributed by atoms with van der Waals surface area (Å²) in [6.45, 7) is 0. The molecule has 3 aromatic heterocycles. The van der Waals surface area contributed by atoms with E-state index in [0.29, 0.717) is 16.5 Å². The molecule has 27 heavy (non-hydrogen) atoms. The Morgan fingerprint density at radius 3 is 2.93 bits per heavy atom. The number of nitrogens with zero attached hydrogens (tertiary/aromatic N) is 2. The first-order chi connectivity index (χ1) is 13.2. The molecule has 1 amide bonds. The van der Waals surface area contributed by atoms with Crippen LogP contribution in [0.25, 0.3) is 32.9 Å². The van der Waals surface area contributed by atoms with Crippen molar-refractivity contribution >= 4 is 49.9 Å². The molecule has 8 heteroatoms. The summed E-state index contributed by atoms with van der Waals surface area (Å²) < 4.78 is 0. The van der Waals surface area contributed by atoms with Gasteiger partial charge in [-0.2, -0.15) is 5.10 Å². The molecule has 5 rings (SSSR count). The van der Waals surface area contributed by atoms with Gasteiger partial charge in [0.2, 0.25) is 0 Å². The fourth-order valence-corrected chi connectivity index (χ4v) is 3.77. The van der Waals surface area contributed by atoms with Crippen LogP contribution >= 0.6 is 11.3 Å². The number of nitrogens with one attached hydrogen (secondary N) is 3. The van der Waals surface area contributed by atoms with Gasteiger partial charge in [-0.25, -0.2) is 4.98 Å². The minimum atomic E-state index is -0.303. The molecular weight excluding hydrogens is 360 g/mol. The van der Waals surface area contributed by atoms with Gasteiger partial charge in [0.15, 0.2) is 5.13 Å². The molecule has 0 saturated heterocycles. The van der Waals surface area contributed by atoms with Crippen LogP contribution < -0.4 is 11.1 Å². The van der Waals surface area contributed by atoms with Crippen LogP contribution in [-0.2, 0) is 0 Å². The van der Waals surface area contributed by atoms with Gasteiger partial charge in [-0.15, -0.1) is 11.3 Å². The summed E-state index contributed by atoms with van der Waals surface area (Å²) >= 11 is 1.23. The van der Waals surface area contributed by atoms with Crippen LogP contribution in [0.4, 0.5) is 10.8 Å². The molecule has 0 spiro atoms. The summed E-state index contributed by atoms with van der Waals surface area (Å²) in [6.07, 6.45) is 3.61. The van der Waals surface area contributed by atoms with Gasteiger partial charge >= 0.3 is 0 Å². The molecule has 0 saturated carbocycles. The Morgan fingerprint density at radius 2 is 2.07 bits per heavy atom. The van der Waals surface area contributed by atoms with E-state index in [1.54, 1.807) is 11.6 Å². The van der Waals surface area contributed by atoms with Crippen LogP contribution in [0, 0.1) is 0 Å². The minimum Gasteiger partial charge on any atom is -0.375 e. The van der Waals surface area contributed by atoms with Crippen molar-refractivity contribution in [2.24, 2.45) is 0 Å². The van der Waals surface area contributed by atoms with Crippen molar-refractivity contribution in [3.63, 3.8) is 0 Å². The minimum absolute atomic E-state index is 0.298. The number of anilines is 2. The summed E-state index contributed by atoms with van der Waals surface area (Å²) in [6, 6.07) is 12.1. The molecule has 5 aromatic rings. The largest absolute Gasteiger partial charge is 0.375 e. The summed E-state index contributed by atoms with van der Waals surface area (Å²) in [5, 5.41) is 14.0. The number of hydrogen-bond acceptors (Lipinski definition) is 5. The van der Waals surface area contributed by atoms with Gasteiger partial charge in [0.25, 0.3) is 5.91 Å². The molecule has 7 nitrogen and oxygen atoms in total. The van der Waals surface area contributed by atoms with Gasteiger partial charge in [0.1, 0.15) is 5.69 Å². The third kappa shape index (κ3) is 2.63. The second-order valence-electron chi connectivity index (χ2n) is 6.12. The number of fused-ring (bicyclic) bond motifs is 2. The number of carbonyl (C=O) groups is 1.